The third-order valence-corrected chi connectivity index (χ3v) is 3.40. The predicted molar refractivity (Wildman–Crippen MR) is 49.9 cm³/mol. The first-order valence-corrected chi connectivity index (χ1v) is 4.84. The quantitative estimate of drug-likeness (QED) is 0.732. The second-order valence-electron chi connectivity index (χ2n) is 3.22. The summed E-state index contributed by atoms with van der Waals surface area (Å²) in [4.78, 5) is 24.3. The van der Waals surface area contributed by atoms with Crippen LogP contribution in [0.1, 0.15) is 32.5 Å². The number of rotatable bonds is 1. The second kappa shape index (κ2) is 2.67. The lowest BCUT2D eigenvalue weighted by molar-refractivity contribution is -0.119. The topological polar surface area (TPSA) is 60.2 Å². The van der Waals surface area contributed by atoms with Crippen LogP contribution >= 0.6 is 11.3 Å². The molecule has 0 aromatic carbocycles. The second-order valence-corrected chi connectivity index (χ2v) is 4.51. The normalized spacial score (nSPS) is 20.4. The number of ketones is 1. The lowest BCUT2D eigenvalue weighted by atomic mass is 10.1. The van der Waals surface area contributed by atoms with E-state index in [-0.39, 0.29) is 18.1 Å². The van der Waals surface area contributed by atoms with Crippen LogP contribution in [0, 0.1) is 6.92 Å². The molecule has 0 aliphatic heterocycles. The fourth-order valence-corrected chi connectivity index (χ4v) is 2.77. The lowest BCUT2D eigenvalue weighted by Gasteiger charge is -2.01. The molecule has 4 heteroatoms. The molecule has 1 aromatic heterocycles. The summed E-state index contributed by atoms with van der Waals surface area (Å²) >= 11 is 1.50. The van der Waals surface area contributed by atoms with Gasteiger partial charge >= 0.3 is 0 Å². The van der Waals surface area contributed by atoms with Gasteiger partial charge in [0.15, 0.2) is 5.78 Å². The van der Waals surface area contributed by atoms with Crippen LogP contribution in [0.4, 0.5) is 0 Å². The third kappa shape index (κ3) is 1.18. The Morgan fingerprint density at radius 1 is 1.69 bits per heavy atom. The number of carbonyl (C=O) groups excluding carboxylic acids is 2. The molecule has 1 heterocycles. The van der Waals surface area contributed by atoms with Gasteiger partial charge in [-0.3, -0.25) is 9.59 Å². The van der Waals surface area contributed by atoms with E-state index in [4.69, 9.17) is 5.73 Å². The Morgan fingerprint density at radius 2 is 2.38 bits per heavy atom. The Labute approximate surface area is 79.6 Å². The summed E-state index contributed by atoms with van der Waals surface area (Å²) in [6.45, 7) is 1.92. The van der Waals surface area contributed by atoms with Gasteiger partial charge in [-0.15, -0.1) is 11.3 Å². The Morgan fingerprint density at radius 3 is 3.00 bits per heavy atom. The monoisotopic (exact) mass is 195 g/mol. The number of Topliss-reactive ketones (excluding diaryl/α,β-unsaturated/α-hetero) is 1. The Kier molecular flexibility index (Phi) is 1.73. The Balaban J connectivity index is 2.51. The molecule has 2 N–H and O–H groups in total. The van der Waals surface area contributed by atoms with Gasteiger partial charge in [0, 0.05) is 21.7 Å². The summed E-state index contributed by atoms with van der Waals surface area (Å²) in [5.74, 6) is -0.724. The van der Waals surface area contributed by atoms with E-state index in [9.17, 15) is 9.59 Å². The van der Waals surface area contributed by atoms with Gasteiger partial charge < -0.3 is 5.73 Å². The fourth-order valence-electron chi connectivity index (χ4n) is 1.63. The Hall–Kier alpha value is -1.16. The maximum atomic E-state index is 11.4. The summed E-state index contributed by atoms with van der Waals surface area (Å²) < 4.78 is 0. The van der Waals surface area contributed by atoms with Crippen LogP contribution in [0.3, 0.4) is 0 Å². The van der Waals surface area contributed by atoms with Crippen LogP contribution in [0.5, 0.6) is 0 Å². The van der Waals surface area contributed by atoms with Gasteiger partial charge in [0.2, 0.25) is 5.91 Å². The van der Waals surface area contributed by atoms with Crippen molar-refractivity contribution >= 4 is 23.0 Å². The van der Waals surface area contributed by atoms with Crippen molar-refractivity contribution in [3.8, 4) is 0 Å². The van der Waals surface area contributed by atoms with Crippen LogP contribution in [-0.2, 0) is 4.79 Å². The van der Waals surface area contributed by atoms with Crippen LogP contribution in [0.25, 0.3) is 0 Å². The summed E-state index contributed by atoms with van der Waals surface area (Å²) in [5, 5.41) is 0. The van der Waals surface area contributed by atoms with Crippen molar-refractivity contribution < 1.29 is 9.59 Å². The van der Waals surface area contributed by atoms with Crippen LogP contribution in [-0.4, -0.2) is 11.7 Å². The number of carbonyl (C=O) groups is 2. The van der Waals surface area contributed by atoms with Crippen molar-refractivity contribution in [2.45, 2.75) is 19.3 Å². The molecular weight excluding hydrogens is 186 g/mol. The van der Waals surface area contributed by atoms with Gasteiger partial charge in [0.25, 0.3) is 0 Å². The first kappa shape index (κ1) is 8.44. The average Bonchev–Trinajstić information content (AvgIpc) is 2.51. The summed E-state index contributed by atoms with van der Waals surface area (Å²) in [7, 11) is 0. The van der Waals surface area contributed by atoms with E-state index in [2.05, 4.69) is 0 Å². The van der Waals surface area contributed by atoms with Gasteiger partial charge in [-0.05, 0) is 13.0 Å². The number of thiophene rings is 1. The van der Waals surface area contributed by atoms with Gasteiger partial charge in [0.05, 0.1) is 5.92 Å². The minimum Gasteiger partial charge on any atom is -0.369 e. The van der Waals surface area contributed by atoms with E-state index in [1.807, 2.05) is 13.0 Å². The highest BCUT2D eigenvalue weighted by atomic mass is 32.1. The SMILES string of the molecule is Cc1cc2c(s1)C(C(N)=O)CC2=O. The van der Waals surface area contributed by atoms with Crippen molar-refractivity contribution in [3.63, 3.8) is 0 Å². The molecule has 1 atom stereocenters. The largest absolute Gasteiger partial charge is 0.369 e. The molecule has 0 fully saturated rings. The number of hydrogen-bond donors (Lipinski definition) is 1. The first-order chi connectivity index (χ1) is 6.09. The fraction of sp³-hybridized carbons (Fsp3) is 0.333. The van der Waals surface area contributed by atoms with Gasteiger partial charge in [-0.2, -0.15) is 0 Å². The van der Waals surface area contributed by atoms with Crippen LogP contribution in [0.2, 0.25) is 0 Å². The maximum absolute atomic E-state index is 11.4. The molecule has 1 amide bonds. The molecule has 1 aliphatic carbocycles. The maximum Gasteiger partial charge on any atom is 0.226 e. The first-order valence-electron chi connectivity index (χ1n) is 4.02. The van der Waals surface area contributed by atoms with E-state index in [1.165, 1.54) is 11.3 Å². The molecule has 0 radical (unpaired) electrons. The number of amides is 1. The minimum absolute atomic E-state index is 0.0446. The molecule has 0 bridgehead atoms. The molecule has 1 aromatic rings. The van der Waals surface area contributed by atoms with E-state index in [0.717, 1.165) is 9.75 Å². The summed E-state index contributed by atoms with van der Waals surface area (Å²) in [5.41, 5.74) is 5.90. The number of fused-ring (bicyclic) bond motifs is 1. The van der Waals surface area contributed by atoms with Crippen molar-refractivity contribution in [3.05, 3.63) is 21.4 Å². The lowest BCUT2D eigenvalue weighted by Crippen LogP contribution is -2.19. The van der Waals surface area contributed by atoms with E-state index >= 15 is 0 Å². The highest BCUT2D eigenvalue weighted by Crippen LogP contribution is 2.38. The molecule has 68 valence electrons. The van der Waals surface area contributed by atoms with E-state index < -0.39 is 5.91 Å². The average molecular weight is 195 g/mol. The van der Waals surface area contributed by atoms with Crippen LogP contribution in [0.15, 0.2) is 6.07 Å². The molecule has 2 rings (SSSR count). The van der Waals surface area contributed by atoms with Gasteiger partial charge in [-0.1, -0.05) is 0 Å². The zero-order chi connectivity index (χ0) is 9.59. The molecule has 1 aliphatic rings. The minimum atomic E-state index is -0.394. The third-order valence-electron chi connectivity index (χ3n) is 2.23. The summed E-state index contributed by atoms with van der Waals surface area (Å²) in [6, 6.07) is 1.84. The zero-order valence-corrected chi connectivity index (χ0v) is 7.98. The molecule has 13 heavy (non-hydrogen) atoms. The highest BCUT2D eigenvalue weighted by molar-refractivity contribution is 7.12. The standard InChI is InChI=1S/C9H9NO2S/c1-4-2-5-7(11)3-6(9(10)12)8(5)13-4/h2,6H,3H2,1H3,(H2,10,12). The van der Waals surface area contributed by atoms with Gasteiger partial charge in [0.1, 0.15) is 0 Å². The zero-order valence-electron chi connectivity index (χ0n) is 7.16. The van der Waals surface area contributed by atoms with Crippen molar-refractivity contribution in [2.24, 2.45) is 5.73 Å². The Bertz CT molecular complexity index is 394. The van der Waals surface area contributed by atoms with Crippen molar-refractivity contribution in [2.75, 3.05) is 0 Å². The number of hydrogen-bond acceptors (Lipinski definition) is 3. The molecular formula is C9H9NO2S. The van der Waals surface area contributed by atoms with E-state index in [0.29, 0.717) is 5.56 Å². The van der Waals surface area contributed by atoms with Crippen LogP contribution < -0.4 is 5.73 Å². The highest BCUT2D eigenvalue weighted by Gasteiger charge is 2.34. The molecule has 0 saturated heterocycles. The van der Waals surface area contributed by atoms with Crippen molar-refractivity contribution in [1.29, 1.82) is 0 Å². The summed E-state index contributed by atoms with van der Waals surface area (Å²) in [6.07, 6.45) is 0.261. The molecule has 1 unspecified atom stereocenters. The number of nitrogens with two attached hydrogens (primary N) is 1. The smallest absolute Gasteiger partial charge is 0.226 e. The molecule has 3 nitrogen and oxygen atoms in total. The molecule has 0 saturated carbocycles. The number of primary amides is 1. The predicted octanol–water partition coefficient (Wildman–Crippen LogP) is 1.21. The van der Waals surface area contributed by atoms with E-state index in [1.54, 1.807) is 0 Å². The van der Waals surface area contributed by atoms with Gasteiger partial charge in [-0.25, -0.2) is 0 Å². The molecule has 0 spiro atoms. The number of aryl methyl sites for hydroxylation is 1. The van der Waals surface area contributed by atoms with Crippen molar-refractivity contribution in [1.82, 2.24) is 0 Å².